The molecule has 0 saturated heterocycles. The van der Waals surface area contributed by atoms with Gasteiger partial charge in [0.1, 0.15) is 11.2 Å². The molecule has 298 valence electrons. The molecule has 62 heavy (non-hydrogen) atoms. The van der Waals surface area contributed by atoms with Gasteiger partial charge >= 0.3 is 0 Å². The first-order valence-corrected chi connectivity index (χ1v) is 23.3. The molecule has 8 aromatic carbocycles. The number of fused-ring (bicyclic) bond motifs is 14. The van der Waals surface area contributed by atoms with Crippen LogP contribution in [-0.4, -0.2) is 11.8 Å². The highest BCUT2D eigenvalue weighted by molar-refractivity contribution is 7.26. The quantitative estimate of drug-likeness (QED) is 0.180. The van der Waals surface area contributed by atoms with Crippen molar-refractivity contribution in [1.82, 2.24) is 4.57 Å². The summed E-state index contributed by atoms with van der Waals surface area (Å²) < 4.78 is 14.8. The zero-order chi connectivity index (χ0) is 41.8. The second-order valence-electron chi connectivity index (χ2n) is 19.4. The standard InChI is InChI=1S/C56H43BN2OS2/c1-55(2,3)30-15-18-32(19-16-30)58-44-24-40-33-20-17-31(56(4,5)6)23-47(33)60-48(40)27-38(44)36-21-22-37-39-28-51-41(34-11-7-9-13-49(34)61-51)25-45(39)59-46-26-42-35-12-8-10-14-50(35)62-52(42)29-43(46)57-53(36)54(37)59/h7-29,57-58H,1-6H3. The second-order valence-corrected chi connectivity index (χ2v) is 21.6. The van der Waals surface area contributed by atoms with Crippen LogP contribution in [0.4, 0.5) is 11.4 Å². The molecule has 5 heterocycles. The van der Waals surface area contributed by atoms with E-state index in [9.17, 15) is 0 Å². The van der Waals surface area contributed by atoms with Crippen LogP contribution < -0.4 is 16.2 Å². The fraction of sp³-hybridized carbons (Fsp3) is 0.143. The molecule has 1 aliphatic rings. The smallest absolute Gasteiger partial charge is 0.198 e. The lowest BCUT2D eigenvalue weighted by molar-refractivity contribution is 0.587. The van der Waals surface area contributed by atoms with E-state index in [0.717, 1.165) is 46.2 Å². The minimum Gasteiger partial charge on any atom is -0.456 e. The zero-order valence-corrected chi connectivity index (χ0v) is 37.3. The topological polar surface area (TPSA) is 30.1 Å². The lowest BCUT2D eigenvalue weighted by Crippen LogP contribution is -2.37. The third-order valence-corrected chi connectivity index (χ3v) is 15.8. The molecule has 0 saturated carbocycles. The van der Waals surface area contributed by atoms with Crippen LogP contribution in [0, 0.1) is 0 Å². The van der Waals surface area contributed by atoms with Crippen LogP contribution in [0.5, 0.6) is 0 Å². The van der Waals surface area contributed by atoms with Gasteiger partial charge in [0, 0.05) is 90.0 Å². The summed E-state index contributed by atoms with van der Waals surface area (Å²) >= 11 is 3.80. The molecule has 12 aromatic rings. The number of hydrogen-bond acceptors (Lipinski definition) is 4. The molecule has 1 N–H and O–H groups in total. The number of anilines is 2. The van der Waals surface area contributed by atoms with Crippen molar-refractivity contribution in [1.29, 1.82) is 0 Å². The van der Waals surface area contributed by atoms with Gasteiger partial charge in [-0.2, -0.15) is 0 Å². The molecule has 3 nitrogen and oxygen atoms in total. The second kappa shape index (κ2) is 12.6. The number of rotatable bonds is 3. The van der Waals surface area contributed by atoms with Crippen molar-refractivity contribution < 1.29 is 4.42 Å². The molecule has 0 bridgehead atoms. The van der Waals surface area contributed by atoms with Gasteiger partial charge in [-0.05, 0) is 99.7 Å². The molecule has 0 atom stereocenters. The zero-order valence-electron chi connectivity index (χ0n) is 35.7. The SMILES string of the molecule is CC(C)(C)c1ccc(Nc2cc3c(cc2-c2ccc4c5cc6sc7ccccc7c6cc5n5c4c2Bc2cc4sc6ccccc6c4cc2-5)oc2cc(C(C)(C)C)ccc23)cc1. The molecule has 0 fully saturated rings. The molecule has 13 rings (SSSR count). The summed E-state index contributed by atoms with van der Waals surface area (Å²) in [6, 6.07) is 52.7. The Morgan fingerprint density at radius 2 is 1.15 bits per heavy atom. The maximum absolute atomic E-state index is 6.83. The third kappa shape index (κ3) is 5.29. The normalized spacial score (nSPS) is 13.1. The molecule has 0 spiro atoms. The summed E-state index contributed by atoms with van der Waals surface area (Å²) in [5.41, 5.74) is 15.5. The molecular formula is C56H43BN2OS2. The molecule has 0 unspecified atom stereocenters. The Labute approximate surface area is 368 Å². The Morgan fingerprint density at radius 3 is 1.87 bits per heavy atom. The minimum atomic E-state index is 0.0146. The van der Waals surface area contributed by atoms with Gasteiger partial charge in [0.15, 0.2) is 7.28 Å². The molecule has 4 aromatic heterocycles. The first-order chi connectivity index (χ1) is 29.9. The average molecular weight is 835 g/mol. The van der Waals surface area contributed by atoms with Gasteiger partial charge in [0.05, 0.1) is 5.52 Å². The summed E-state index contributed by atoms with van der Waals surface area (Å²) in [5.74, 6) is 0. The van der Waals surface area contributed by atoms with Gasteiger partial charge in [-0.25, -0.2) is 0 Å². The van der Waals surface area contributed by atoms with Crippen molar-refractivity contribution in [3.05, 3.63) is 151 Å². The van der Waals surface area contributed by atoms with Crippen molar-refractivity contribution in [2.24, 2.45) is 0 Å². The van der Waals surface area contributed by atoms with Crippen molar-refractivity contribution >= 4 is 136 Å². The number of hydrogen-bond donors (Lipinski definition) is 1. The Kier molecular flexibility index (Phi) is 7.40. The lowest BCUT2D eigenvalue weighted by Gasteiger charge is -2.24. The fourth-order valence-electron chi connectivity index (χ4n) is 10.2. The maximum atomic E-state index is 6.83. The average Bonchev–Trinajstić information content (AvgIpc) is 4.00. The number of nitrogens with zero attached hydrogens (tertiary/aromatic N) is 1. The van der Waals surface area contributed by atoms with E-state index in [0.29, 0.717) is 0 Å². The predicted octanol–water partition coefficient (Wildman–Crippen LogP) is 15.1. The van der Waals surface area contributed by atoms with Crippen LogP contribution in [-0.2, 0) is 10.8 Å². The van der Waals surface area contributed by atoms with Gasteiger partial charge in [-0.15, -0.1) is 22.7 Å². The van der Waals surface area contributed by atoms with E-state index < -0.39 is 0 Å². The summed E-state index contributed by atoms with van der Waals surface area (Å²) in [4.78, 5) is 0. The first kappa shape index (κ1) is 36.3. The molecule has 0 aliphatic carbocycles. The van der Waals surface area contributed by atoms with E-state index in [2.05, 4.69) is 191 Å². The van der Waals surface area contributed by atoms with Crippen LogP contribution in [0.2, 0.25) is 0 Å². The monoisotopic (exact) mass is 834 g/mol. The van der Waals surface area contributed by atoms with Crippen LogP contribution in [0.1, 0.15) is 52.7 Å². The Morgan fingerprint density at radius 1 is 0.500 bits per heavy atom. The fourth-order valence-corrected chi connectivity index (χ4v) is 12.5. The number of furan rings is 1. The first-order valence-electron chi connectivity index (χ1n) is 21.7. The number of thiophene rings is 2. The van der Waals surface area contributed by atoms with Crippen molar-refractivity contribution in [3.8, 4) is 16.8 Å². The van der Waals surface area contributed by atoms with E-state index >= 15 is 0 Å². The highest BCUT2D eigenvalue weighted by atomic mass is 32.1. The summed E-state index contributed by atoms with van der Waals surface area (Å²) in [7, 11) is 0.826. The molecule has 0 radical (unpaired) electrons. The van der Waals surface area contributed by atoms with Crippen molar-refractivity contribution in [3.63, 3.8) is 0 Å². The highest BCUT2D eigenvalue weighted by Crippen LogP contribution is 2.45. The van der Waals surface area contributed by atoms with E-state index in [1.54, 1.807) is 0 Å². The molecule has 6 heteroatoms. The van der Waals surface area contributed by atoms with E-state index in [1.165, 1.54) is 95.5 Å². The largest absolute Gasteiger partial charge is 0.456 e. The van der Waals surface area contributed by atoms with Gasteiger partial charge in [-0.1, -0.05) is 120 Å². The van der Waals surface area contributed by atoms with E-state index in [-0.39, 0.29) is 10.8 Å². The van der Waals surface area contributed by atoms with Gasteiger partial charge in [0.25, 0.3) is 0 Å². The van der Waals surface area contributed by atoms with Crippen LogP contribution in [0.15, 0.2) is 144 Å². The highest BCUT2D eigenvalue weighted by Gasteiger charge is 2.29. The van der Waals surface area contributed by atoms with Gasteiger partial charge in [0.2, 0.25) is 0 Å². The van der Waals surface area contributed by atoms with Crippen LogP contribution >= 0.6 is 22.7 Å². The van der Waals surface area contributed by atoms with E-state index in [1.807, 2.05) is 22.7 Å². The van der Waals surface area contributed by atoms with Crippen LogP contribution in [0.25, 0.3) is 101 Å². The molecule has 1 aliphatic heterocycles. The van der Waals surface area contributed by atoms with E-state index in [4.69, 9.17) is 4.42 Å². The summed E-state index contributed by atoms with van der Waals surface area (Å²) in [6.07, 6.45) is 0. The Bertz CT molecular complexity index is 3880. The van der Waals surface area contributed by atoms with Crippen LogP contribution in [0.3, 0.4) is 0 Å². The number of benzene rings is 8. The van der Waals surface area contributed by atoms with Gasteiger partial charge in [-0.3, -0.25) is 0 Å². The van der Waals surface area contributed by atoms with Gasteiger partial charge < -0.3 is 14.3 Å². The van der Waals surface area contributed by atoms with Crippen molar-refractivity contribution in [2.75, 3.05) is 5.32 Å². The maximum Gasteiger partial charge on any atom is 0.198 e. The third-order valence-electron chi connectivity index (χ3n) is 13.5. The molecule has 0 amide bonds. The Balaban J connectivity index is 1.10. The predicted molar refractivity (Wildman–Crippen MR) is 273 cm³/mol. The Hall–Kier alpha value is -6.34. The number of aromatic nitrogens is 1. The molecular weight excluding hydrogens is 792 g/mol. The summed E-state index contributed by atoms with van der Waals surface area (Å²) in [5, 5.41) is 14.1. The summed E-state index contributed by atoms with van der Waals surface area (Å²) in [6.45, 7) is 13.6. The minimum absolute atomic E-state index is 0.0146. The van der Waals surface area contributed by atoms with Crippen molar-refractivity contribution in [2.45, 2.75) is 52.4 Å². The number of nitrogens with one attached hydrogen (secondary N) is 1. The lowest BCUT2D eigenvalue weighted by atomic mass is 9.59.